The average Bonchev–Trinajstić information content (AvgIpc) is 3.03. The number of nitrogens with one attached hydrogen (secondary N) is 2. The Balaban J connectivity index is 1.27. The van der Waals surface area contributed by atoms with Crippen molar-refractivity contribution in [2.75, 3.05) is 0 Å². The Morgan fingerprint density at radius 3 is 1.36 bits per heavy atom. The monoisotopic (exact) mass is 718 g/mol. The van der Waals surface area contributed by atoms with Gasteiger partial charge in [0.15, 0.2) is 0 Å². The summed E-state index contributed by atoms with van der Waals surface area (Å²) in [5.74, 6) is -1.60. The highest BCUT2D eigenvalue weighted by molar-refractivity contribution is 9.10. The first-order valence-electron chi connectivity index (χ1n) is 13.1. The lowest BCUT2D eigenvalue weighted by Gasteiger charge is -2.08. The molecule has 12 heteroatoms. The van der Waals surface area contributed by atoms with Crippen LogP contribution in [-0.2, 0) is 9.59 Å². The maximum Gasteiger partial charge on any atom is 0.343 e. The Hall–Kier alpha value is -4.94. The van der Waals surface area contributed by atoms with Gasteiger partial charge in [0, 0.05) is 32.9 Å². The van der Waals surface area contributed by atoms with Gasteiger partial charge in [0.2, 0.25) is 11.8 Å². The summed E-state index contributed by atoms with van der Waals surface area (Å²) in [6.07, 6.45) is 2.34. The number of nitrogens with zero attached hydrogens (tertiary/aromatic N) is 2. The van der Waals surface area contributed by atoms with Crippen molar-refractivity contribution in [2.45, 2.75) is 12.8 Å². The number of halogens is 2. The Labute approximate surface area is 269 Å². The molecule has 4 aromatic rings. The van der Waals surface area contributed by atoms with Crippen LogP contribution in [0.25, 0.3) is 0 Å². The molecule has 0 atom stereocenters. The first kappa shape index (κ1) is 32.0. The first-order valence-corrected chi connectivity index (χ1v) is 14.6. The van der Waals surface area contributed by atoms with Crippen LogP contribution in [0.1, 0.15) is 44.7 Å². The number of rotatable bonds is 11. The number of benzene rings is 4. The molecule has 2 amide bonds. The summed E-state index contributed by atoms with van der Waals surface area (Å²) in [5, 5.41) is 7.85. The lowest BCUT2D eigenvalue weighted by Crippen LogP contribution is -2.23. The molecule has 0 aromatic heterocycles. The van der Waals surface area contributed by atoms with Gasteiger partial charge in [0.05, 0.1) is 23.6 Å². The van der Waals surface area contributed by atoms with Gasteiger partial charge >= 0.3 is 11.9 Å². The van der Waals surface area contributed by atoms with Crippen LogP contribution < -0.4 is 20.3 Å². The minimum absolute atomic E-state index is 0.163. The zero-order valence-electron chi connectivity index (χ0n) is 22.9. The van der Waals surface area contributed by atoms with Gasteiger partial charge < -0.3 is 9.47 Å². The van der Waals surface area contributed by atoms with Crippen molar-refractivity contribution < 1.29 is 28.7 Å². The molecule has 4 aromatic carbocycles. The zero-order chi connectivity index (χ0) is 31.3. The first-order chi connectivity index (χ1) is 21.3. The molecule has 0 fully saturated rings. The van der Waals surface area contributed by atoms with E-state index in [1.165, 1.54) is 12.4 Å². The number of carbonyl (C=O) groups excluding carboxylic acids is 4. The Bertz CT molecular complexity index is 1590. The summed E-state index contributed by atoms with van der Waals surface area (Å²) < 4.78 is 12.4. The summed E-state index contributed by atoms with van der Waals surface area (Å²) >= 11 is 6.72. The average molecular weight is 720 g/mol. The minimum atomic E-state index is -0.537. The van der Waals surface area contributed by atoms with Gasteiger partial charge in [-0.05, 0) is 60.7 Å². The lowest BCUT2D eigenvalue weighted by molar-refractivity contribution is -0.126. The Kier molecular flexibility index (Phi) is 11.7. The van der Waals surface area contributed by atoms with Gasteiger partial charge in [0.25, 0.3) is 0 Å². The van der Waals surface area contributed by atoms with Gasteiger partial charge in [-0.25, -0.2) is 20.4 Å². The molecule has 10 nitrogen and oxygen atoms in total. The summed E-state index contributed by atoms with van der Waals surface area (Å²) in [7, 11) is 0. The molecule has 222 valence electrons. The van der Waals surface area contributed by atoms with Crippen LogP contribution in [0.4, 0.5) is 0 Å². The quantitative estimate of drug-likeness (QED) is 0.0841. The number of ether oxygens (including phenoxy) is 2. The third-order valence-electron chi connectivity index (χ3n) is 5.73. The number of esters is 2. The maximum atomic E-state index is 12.4. The Morgan fingerprint density at radius 1 is 0.591 bits per heavy atom. The highest BCUT2D eigenvalue weighted by atomic mass is 79.9. The number of hydrogen-bond donors (Lipinski definition) is 2. The fourth-order valence-electron chi connectivity index (χ4n) is 3.58. The van der Waals surface area contributed by atoms with Crippen LogP contribution in [-0.4, -0.2) is 36.2 Å². The predicted molar refractivity (Wildman–Crippen MR) is 172 cm³/mol. The summed E-state index contributed by atoms with van der Waals surface area (Å²) in [6, 6.07) is 27.0. The standard InChI is InChI=1S/C32H24Br2N4O6/c33-25-11-13-27(43-31(41)21-7-3-1-4-8-21)23(17-25)19-35-37-29(39)15-16-30(40)38-36-20-24-18-26(34)12-14-28(24)44-32(42)22-9-5-2-6-10-22/h1-14,17-20H,15-16H2,(H,37,39)(H,38,40)/b35-19+,36-20?. The number of amides is 2. The molecule has 0 heterocycles. The molecule has 0 unspecified atom stereocenters. The third kappa shape index (κ3) is 9.82. The second-order valence-electron chi connectivity index (χ2n) is 8.96. The fraction of sp³-hybridized carbons (Fsp3) is 0.0625. The van der Waals surface area contributed by atoms with Crippen molar-refractivity contribution in [2.24, 2.45) is 10.2 Å². The van der Waals surface area contributed by atoms with Crippen LogP contribution in [0, 0.1) is 0 Å². The van der Waals surface area contributed by atoms with E-state index in [2.05, 4.69) is 52.9 Å². The highest BCUT2D eigenvalue weighted by Gasteiger charge is 2.13. The van der Waals surface area contributed by atoms with E-state index in [1.54, 1.807) is 97.1 Å². The summed E-state index contributed by atoms with van der Waals surface area (Å²) in [6.45, 7) is 0. The van der Waals surface area contributed by atoms with Crippen LogP contribution in [0.5, 0.6) is 11.5 Å². The molecule has 0 radical (unpaired) electrons. The third-order valence-corrected chi connectivity index (χ3v) is 6.72. The van der Waals surface area contributed by atoms with Crippen LogP contribution >= 0.6 is 31.9 Å². The SMILES string of the molecule is O=C(CCC(=O)N/N=C/c1cc(Br)ccc1OC(=O)c1ccccc1)NN=Cc1cc(Br)ccc1OC(=O)c1ccccc1. The van der Waals surface area contributed by atoms with Gasteiger partial charge in [0.1, 0.15) is 11.5 Å². The van der Waals surface area contributed by atoms with Crippen LogP contribution in [0.15, 0.2) is 116 Å². The zero-order valence-corrected chi connectivity index (χ0v) is 26.1. The van der Waals surface area contributed by atoms with Gasteiger partial charge in [-0.1, -0.05) is 68.3 Å². The molecule has 0 spiro atoms. The van der Waals surface area contributed by atoms with Crippen LogP contribution in [0.3, 0.4) is 0 Å². The molecule has 0 aliphatic carbocycles. The minimum Gasteiger partial charge on any atom is -0.422 e. The molecule has 44 heavy (non-hydrogen) atoms. The molecule has 0 saturated carbocycles. The van der Waals surface area contributed by atoms with E-state index in [1.807, 2.05) is 0 Å². The largest absolute Gasteiger partial charge is 0.422 e. The van der Waals surface area contributed by atoms with E-state index in [0.29, 0.717) is 31.2 Å². The second-order valence-corrected chi connectivity index (χ2v) is 10.8. The van der Waals surface area contributed by atoms with Crippen molar-refractivity contribution in [3.8, 4) is 11.5 Å². The molecule has 2 N–H and O–H groups in total. The van der Waals surface area contributed by atoms with E-state index >= 15 is 0 Å². The summed E-state index contributed by atoms with van der Waals surface area (Å²) in [5.41, 5.74) is 6.35. The van der Waals surface area contributed by atoms with Gasteiger partial charge in [-0.15, -0.1) is 0 Å². The van der Waals surface area contributed by atoms with Gasteiger partial charge in [-0.2, -0.15) is 10.2 Å². The molecular weight excluding hydrogens is 696 g/mol. The van der Waals surface area contributed by atoms with Crippen molar-refractivity contribution in [1.29, 1.82) is 0 Å². The normalized spacial score (nSPS) is 10.9. The van der Waals surface area contributed by atoms with Crippen molar-refractivity contribution in [3.63, 3.8) is 0 Å². The predicted octanol–water partition coefficient (Wildman–Crippen LogP) is 6.03. The van der Waals surface area contributed by atoms with E-state index in [-0.39, 0.29) is 24.3 Å². The molecule has 0 saturated heterocycles. The van der Waals surface area contributed by atoms with E-state index in [9.17, 15) is 19.2 Å². The van der Waals surface area contributed by atoms with E-state index in [4.69, 9.17) is 9.47 Å². The van der Waals surface area contributed by atoms with Crippen molar-refractivity contribution in [1.82, 2.24) is 10.9 Å². The highest BCUT2D eigenvalue weighted by Crippen LogP contribution is 2.24. The van der Waals surface area contributed by atoms with Crippen molar-refractivity contribution >= 4 is 68.0 Å². The lowest BCUT2D eigenvalue weighted by atomic mass is 10.2. The molecule has 0 bridgehead atoms. The maximum absolute atomic E-state index is 12.4. The smallest absolute Gasteiger partial charge is 0.343 e. The molecule has 4 rings (SSSR count). The Morgan fingerprint density at radius 2 is 0.977 bits per heavy atom. The topological polar surface area (TPSA) is 136 Å². The van der Waals surface area contributed by atoms with Crippen molar-refractivity contribution in [3.05, 3.63) is 128 Å². The van der Waals surface area contributed by atoms with Gasteiger partial charge in [-0.3, -0.25) is 9.59 Å². The number of hydrogen-bond acceptors (Lipinski definition) is 8. The van der Waals surface area contributed by atoms with E-state index in [0.717, 1.165) is 0 Å². The molecule has 0 aliphatic heterocycles. The summed E-state index contributed by atoms with van der Waals surface area (Å²) in [4.78, 5) is 49.4. The second kappa shape index (κ2) is 16.1. The van der Waals surface area contributed by atoms with Crippen LogP contribution in [0.2, 0.25) is 0 Å². The molecular formula is C32H24Br2N4O6. The van der Waals surface area contributed by atoms with E-state index < -0.39 is 23.8 Å². The molecule has 0 aliphatic rings. The fourth-order valence-corrected chi connectivity index (χ4v) is 4.34. The number of hydrazone groups is 2. The number of carbonyl (C=O) groups is 4.